The van der Waals surface area contributed by atoms with Gasteiger partial charge in [0.2, 0.25) is 5.91 Å². The first-order valence-electron chi connectivity index (χ1n) is 10.4. The van der Waals surface area contributed by atoms with Crippen molar-refractivity contribution in [3.8, 4) is 17.6 Å². The Morgan fingerprint density at radius 1 is 1.18 bits per heavy atom. The Labute approximate surface area is 202 Å². The minimum atomic E-state index is -0.950. The summed E-state index contributed by atoms with van der Waals surface area (Å²) in [5, 5.41) is 3.14. The summed E-state index contributed by atoms with van der Waals surface area (Å²) in [5.41, 5.74) is 1.09. The molecule has 0 fully saturated rings. The number of benzene rings is 2. The van der Waals surface area contributed by atoms with Gasteiger partial charge in [0, 0.05) is 9.92 Å². The van der Waals surface area contributed by atoms with Gasteiger partial charge in [-0.05, 0) is 79.5 Å². The number of hydrogen-bond donors (Lipinski definition) is 1. The largest absolute Gasteiger partial charge is 0.472 e. The minimum absolute atomic E-state index is 0.0727. The Morgan fingerprint density at radius 2 is 1.94 bits per heavy atom. The molecule has 0 aliphatic heterocycles. The van der Waals surface area contributed by atoms with E-state index in [1.54, 1.807) is 50.0 Å². The zero-order valence-corrected chi connectivity index (χ0v) is 20.2. The topological polar surface area (TPSA) is 51.2 Å². The van der Waals surface area contributed by atoms with Crippen molar-refractivity contribution in [2.75, 3.05) is 11.1 Å². The molecule has 0 atom stereocenters. The average molecular weight is 483 g/mol. The molecule has 0 spiro atoms. The molecule has 1 aromatic heterocycles. The number of halogens is 2. The van der Waals surface area contributed by atoms with E-state index < -0.39 is 11.4 Å². The fraction of sp³-hybridized carbons (Fsp3) is 0.231. The van der Waals surface area contributed by atoms with Gasteiger partial charge in [0.25, 0.3) is 0 Å². The maximum absolute atomic E-state index is 14.0. The van der Waals surface area contributed by atoms with Gasteiger partial charge in [-0.15, -0.1) is 11.8 Å². The van der Waals surface area contributed by atoms with E-state index >= 15 is 0 Å². The standard InChI is InChI=1S/C26H24ClFN2O2S/c1-4-33-22-10-5-18(6-11-22)15-25(31)30-21-9-8-20(29-17-21)13-14-26(2,3)32-24-12-7-19(27)16-23(24)28/h5-12,16-17H,4,15H2,1-3H3,(H,30,31). The van der Waals surface area contributed by atoms with Crippen LogP contribution < -0.4 is 10.1 Å². The van der Waals surface area contributed by atoms with Gasteiger partial charge < -0.3 is 10.1 Å². The van der Waals surface area contributed by atoms with Crippen molar-refractivity contribution in [3.05, 3.63) is 82.9 Å². The summed E-state index contributed by atoms with van der Waals surface area (Å²) in [4.78, 5) is 17.8. The van der Waals surface area contributed by atoms with Crippen LogP contribution in [0.15, 0.2) is 65.7 Å². The number of anilines is 1. The molecule has 0 aliphatic carbocycles. The minimum Gasteiger partial charge on any atom is -0.472 e. The van der Waals surface area contributed by atoms with Crippen LogP contribution in [-0.2, 0) is 11.2 Å². The number of rotatable bonds is 7. The maximum atomic E-state index is 14.0. The molecule has 0 saturated carbocycles. The van der Waals surface area contributed by atoms with Crippen LogP contribution in [0.4, 0.5) is 10.1 Å². The number of amides is 1. The van der Waals surface area contributed by atoms with Crippen LogP contribution in [0.1, 0.15) is 32.0 Å². The summed E-state index contributed by atoms with van der Waals surface area (Å²) >= 11 is 7.54. The molecular weight excluding hydrogens is 459 g/mol. The van der Waals surface area contributed by atoms with Crippen LogP contribution in [-0.4, -0.2) is 22.2 Å². The molecule has 3 aromatic rings. The molecule has 1 heterocycles. The molecule has 0 aliphatic rings. The second-order valence-electron chi connectivity index (χ2n) is 7.67. The summed E-state index contributed by atoms with van der Waals surface area (Å²) in [6.45, 7) is 5.57. The lowest BCUT2D eigenvalue weighted by atomic mass is 10.1. The van der Waals surface area contributed by atoms with Gasteiger partial charge in [0.05, 0.1) is 18.3 Å². The number of carbonyl (C=O) groups excluding carboxylic acids is 1. The highest BCUT2D eigenvalue weighted by atomic mass is 35.5. The van der Waals surface area contributed by atoms with E-state index in [2.05, 4.69) is 29.1 Å². The fourth-order valence-electron chi connectivity index (χ4n) is 2.88. The van der Waals surface area contributed by atoms with Crippen LogP contribution in [0.25, 0.3) is 0 Å². The van der Waals surface area contributed by atoms with E-state index in [4.69, 9.17) is 16.3 Å². The van der Waals surface area contributed by atoms with Gasteiger partial charge in [0.1, 0.15) is 5.69 Å². The third-order valence-corrected chi connectivity index (χ3v) is 5.53. The molecule has 3 rings (SSSR count). The van der Waals surface area contributed by atoms with Crippen LogP contribution in [0.3, 0.4) is 0 Å². The lowest BCUT2D eigenvalue weighted by molar-refractivity contribution is -0.115. The third-order valence-electron chi connectivity index (χ3n) is 4.40. The Kier molecular flexibility index (Phi) is 8.37. The summed E-state index contributed by atoms with van der Waals surface area (Å²) in [7, 11) is 0. The number of ether oxygens (including phenoxy) is 1. The first-order valence-corrected chi connectivity index (χ1v) is 11.8. The van der Waals surface area contributed by atoms with Crippen molar-refractivity contribution in [1.82, 2.24) is 4.98 Å². The Bertz CT molecular complexity index is 1170. The van der Waals surface area contributed by atoms with Crippen LogP contribution in [0, 0.1) is 17.7 Å². The number of thioether (sulfide) groups is 1. The maximum Gasteiger partial charge on any atom is 0.228 e. The molecular formula is C26H24ClFN2O2S. The van der Waals surface area contributed by atoms with E-state index in [9.17, 15) is 9.18 Å². The lowest BCUT2D eigenvalue weighted by Crippen LogP contribution is -2.26. The van der Waals surface area contributed by atoms with Crippen molar-refractivity contribution in [3.63, 3.8) is 0 Å². The van der Waals surface area contributed by atoms with Crippen molar-refractivity contribution >= 4 is 35.0 Å². The predicted molar refractivity (Wildman–Crippen MR) is 132 cm³/mol. The van der Waals surface area contributed by atoms with Crippen molar-refractivity contribution < 1.29 is 13.9 Å². The van der Waals surface area contributed by atoms with Gasteiger partial charge in [-0.25, -0.2) is 9.37 Å². The highest BCUT2D eigenvalue weighted by Crippen LogP contribution is 2.25. The number of pyridine rings is 1. The summed E-state index contributed by atoms with van der Waals surface area (Å²) in [6.07, 6.45) is 1.83. The molecule has 0 bridgehead atoms. The monoisotopic (exact) mass is 482 g/mol. The first-order chi connectivity index (χ1) is 15.7. The smallest absolute Gasteiger partial charge is 0.228 e. The summed E-state index contributed by atoms with van der Waals surface area (Å²) < 4.78 is 19.6. The lowest BCUT2D eigenvalue weighted by Gasteiger charge is -2.20. The normalized spacial score (nSPS) is 10.8. The van der Waals surface area contributed by atoms with Crippen LogP contribution >= 0.6 is 23.4 Å². The zero-order valence-electron chi connectivity index (χ0n) is 18.6. The Balaban J connectivity index is 1.57. The highest BCUT2D eigenvalue weighted by Gasteiger charge is 2.18. The van der Waals surface area contributed by atoms with Gasteiger partial charge in [-0.2, -0.15) is 0 Å². The number of aromatic nitrogens is 1. The zero-order chi connectivity index (χ0) is 23.8. The van der Waals surface area contributed by atoms with Gasteiger partial charge in [-0.1, -0.05) is 30.7 Å². The molecule has 0 unspecified atom stereocenters. The number of hydrogen-bond acceptors (Lipinski definition) is 4. The molecule has 33 heavy (non-hydrogen) atoms. The van der Waals surface area contributed by atoms with Gasteiger partial charge >= 0.3 is 0 Å². The molecule has 7 heteroatoms. The second kappa shape index (κ2) is 11.2. The number of carbonyl (C=O) groups is 1. The van der Waals surface area contributed by atoms with Crippen molar-refractivity contribution in [1.29, 1.82) is 0 Å². The molecule has 1 amide bonds. The number of nitrogens with one attached hydrogen (secondary N) is 1. The number of nitrogens with zero attached hydrogens (tertiary/aromatic N) is 1. The van der Waals surface area contributed by atoms with E-state index in [-0.39, 0.29) is 18.1 Å². The second-order valence-corrected chi connectivity index (χ2v) is 9.45. The Morgan fingerprint density at radius 3 is 2.58 bits per heavy atom. The van der Waals surface area contributed by atoms with E-state index in [1.165, 1.54) is 17.0 Å². The first kappa shape index (κ1) is 24.6. The molecule has 0 saturated heterocycles. The van der Waals surface area contributed by atoms with Gasteiger partial charge in [0.15, 0.2) is 17.2 Å². The van der Waals surface area contributed by atoms with E-state index in [0.29, 0.717) is 16.4 Å². The quantitative estimate of drug-likeness (QED) is 0.314. The highest BCUT2D eigenvalue weighted by molar-refractivity contribution is 7.99. The van der Waals surface area contributed by atoms with Crippen LogP contribution in [0.5, 0.6) is 5.75 Å². The van der Waals surface area contributed by atoms with Gasteiger partial charge in [-0.3, -0.25) is 4.79 Å². The molecule has 0 radical (unpaired) electrons. The van der Waals surface area contributed by atoms with Crippen molar-refractivity contribution in [2.24, 2.45) is 0 Å². The molecule has 170 valence electrons. The summed E-state index contributed by atoms with van der Waals surface area (Å²) in [6, 6.07) is 15.6. The summed E-state index contributed by atoms with van der Waals surface area (Å²) in [5.74, 6) is 6.29. The fourth-order valence-corrected chi connectivity index (χ4v) is 3.70. The molecule has 4 nitrogen and oxygen atoms in total. The van der Waals surface area contributed by atoms with Crippen LogP contribution in [0.2, 0.25) is 5.02 Å². The van der Waals surface area contributed by atoms with E-state index in [1.807, 2.05) is 24.3 Å². The average Bonchev–Trinajstić information content (AvgIpc) is 2.77. The molecule has 2 aromatic carbocycles. The van der Waals surface area contributed by atoms with Crippen molar-refractivity contribution in [2.45, 2.75) is 37.7 Å². The SMILES string of the molecule is CCSc1ccc(CC(=O)Nc2ccc(C#CC(C)(C)Oc3ccc(Cl)cc3F)nc2)cc1. The molecule has 1 N–H and O–H groups in total. The predicted octanol–water partition coefficient (Wildman–Crippen LogP) is 6.38. The third kappa shape index (κ3) is 7.81. The Hall–Kier alpha value is -3.01. The van der Waals surface area contributed by atoms with E-state index in [0.717, 1.165) is 11.3 Å².